The lowest BCUT2D eigenvalue weighted by Crippen LogP contribution is -2.40. The van der Waals surface area contributed by atoms with Gasteiger partial charge in [0, 0.05) is 10.5 Å². The molecule has 1 saturated heterocycles. The van der Waals surface area contributed by atoms with Crippen LogP contribution in [0, 0.1) is 0 Å². The van der Waals surface area contributed by atoms with Crippen molar-refractivity contribution in [1.29, 1.82) is 0 Å². The highest BCUT2D eigenvalue weighted by molar-refractivity contribution is 14.1. The molecule has 1 heterocycles. The van der Waals surface area contributed by atoms with Gasteiger partial charge in [0.05, 0.1) is 6.10 Å². The topological polar surface area (TPSA) is 32.3 Å². The minimum absolute atomic E-state index is 0.121. The van der Waals surface area contributed by atoms with Gasteiger partial charge in [-0.3, -0.25) is 0 Å². The third kappa shape index (κ3) is 1.56. The van der Waals surface area contributed by atoms with Crippen molar-refractivity contribution in [3.63, 3.8) is 0 Å². The van der Waals surface area contributed by atoms with Crippen LogP contribution in [0.2, 0.25) is 0 Å². The second-order valence-electron chi connectivity index (χ2n) is 2.08. The summed E-state index contributed by atoms with van der Waals surface area (Å²) in [4.78, 5) is 0. The molecule has 0 aromatic heterocycles. The van der Waals surface area contributed by atoms with E-state index in [9.17, 15) is 0 Å². The second kappa shape index (κ2) is 2.98. The van der Waals surface area contributed by atoms with Crippen LogP contribution in [0.25, 0.3) is 0 Å². The zero-order valence-electron chi connectivity index (χ0n) is 4.60. The molecular formula is C5H10INO. The molecule has 1 fully saturated rings. The van der Waals surface area contributed by atoms with Gasteiger partial charge in [-0.05, 0) is 13.0 Å². The Kier molecular flexibility index (Phi) is 2.52. The predicted molar refractivity (Wildman–Crippen MR) is 41.3 cm³/mol. The van der Waals surface area contributed by atoms with Crippen LogP contribution in [-0.4, -0.2) is 28.2 Å². The van der Waals surface area contributed by atoms with E-state index in [1.165, 1.54) is 0 Å². The molecule has 1 rings (SSSR count). The average Bonchev–Trinajstić information content (AvgIpc) is 1.77. The van der Waals surface area contributed by atoms with E-state index < -0.39 is 0 Å². The third-order valence-electron chi connectivity index (χ3n) is 1.37. The maximum atomic E-state index is 9.11. The van der Waals surface area contributed by atoms with E-state index in [-0.39, 0.29) is 6.10 Å². The molecule has 0 bridgehead atoms. The Labute approximate surface area is 62.8 Å². The summed E-state index contributed by atoms with van der Waals surface area (Å²) in [6.07, 6.45) is 0.978. The van der Waals surface area contributed by atoms with Crippen molar-refractivity contribution < 1.29 is 5.11 Å². The lowest BCUT2D eigenvalue weighted by molar-refractivity contribution is 0.154. The number of halogens is 1. The summed E-state index contributed by atoms with van der Waals surface area (Å²) in [5.74, 6) is 0. The van der Waals surface area contributed by atoms with Gasteiger partial charge in [0.25, 0.3) is 0 Å². The van der Waals surface area contributed by atoms with Crippen LogP contribution in [-0.2, 0) is 0 Å². The summed E-state index contributed by atoms with van der Waals surface area (Å²) in [5, 5.41) is 12.2. The SMILES string of the molecule is OC1CNCCC1I. The van der Waals surface area contributed by atoms with Crippen LogP contribution in [0.4, 0.5) is 0 Å². The molecule has 2 N–H and O–H groups in total. The number of aliphatic hydroxyl groups excluding tert-OH is 1. The first-order chi connectivity index (χ1) is 3.80. The highest BCUT2D eigenvalue weighted by Gasteiger charge is 2.18. The number of hydrogen-bond acceptors (Lipinski definition) is 2. The molecule has 0 radical (unpaired) electrons. The molecule has 3 heteroatoms. The van der Waals surface area contributed by atoms with Crippen molar-refractivity contribution >= 4 is 22.6 Å². The summed E-state index contributed by atoms with van der Waals surface area (Å²) in [6.45, 7) is 1.83. The zero-order chi connectivity index (χ0) is 5.98. The Bertz CT molecular complexity index is 68.8. The normalized spacial score (nSPS) is 39.8. The molecule has 1 aliphatic rings. The fraction of sp³-hybridized carbons (Fsp3) is 1.00. The molecule has 0 saturated carbocycles. The summed E-state index contributed by atoms with van der Waals surface area (Å²) in [6, 6.07) is 0. The summed E-state index contributed by atoms with van der Waals surface area (Å²) in [7, 11) is 0. The minimum atomic E-state index is -0.121. The molecule has 0 aliphatic carbocycles. The highest BCUT2D eigenvalue weighted by atomic mass is 127. The van der Waals surface area contributed by atoms with Gasteiger partial charge in [-0.1, -0.05) is 22.6 Å². The fourth-order valence-electron chi connectivity index (χ4n) is 0.810. The Morgan fingerprint density at radius 2 is 2.38 bits per heavy atom. The van der Waals surface area contributed by atoms with Gasteiger partial charge in [0.1, 0.15) is 0 Å². The molecule has 2 nitrogen and oxygen atoms in total. The first-order valence-electron chi connectivity index (χ1n) is 2.83. The van der Waals surface area contributed by atoms with E-state index in [0.29, 0.717) is 3.92 Å². The van der Waals surface area contributed by atoms with Gasteiger partial charge in [-0.2, -0.15) is 0 Å². The zero-order valence-corrected chi connectivity index (χ0v) is 6.76. The highest BCUT2D eigenvalue weighted by Crippen LogP contribution is 2.12. The summed E-state index contributed by atoms with van der Waals surface area (Å²) < 4.78 is 0.467. The summed E-state index contributed by atoms with van der Waals surface area (Å²) in [5.41, 5.74) is 0. The Morgan fingerprint density at radius 1 is 1.62 bits per heavy atom. The fourth-order valence-corrected chi connectivity index (χ4v) is 1.38. The lowest BCUT2D eigenvalue weighted by atomic mass is 10.1. The molecule has 2 unspecified atom stereocenters. The maximum absolute atomic E-state index is 9.11. The molecule has 2 atom stereocenters. The molecule has 1 aliphatic heterocycles. The van der Waals surface area contributed by atoms with Crippen LogP contribution in [0.3, 0.4) is 0 Å². The second-order valence-corrected chi connectivity index (χ2v) is 3.68. The number of nitrogens with one attached hydrogen (secondary N) is 1. The number of piperidine rings is 1. The van der Waals surface area contributed by atoms with Gasteiger partial charge in [-0.15, -0.1) is 0 Å². The molecule has 8 heavy (non-hydrogen) atoms. The molecular weight excluding hydrogens is 217 g/mol. The maximum Gasteiger partial charge on any atom is 0.0782 e. The van der Waals surface area contributed by atoms with Crippen molar-refractivity contribution in [1.82, 2.24) is 5.32 Å². The van der Waals surface area contributed by atoms with Gasteiger partial charge in [0.2, 0.25) is 0 Å². The number of hydrogen-bond donors (Lipinski definition) is 2. The standard InChI is InChI=1S/C5H10INO/c6-4-1-2-7-3-5(4)8/h4-5,7-8H,1-3H2. The van der Waals surface area contributed by atoms with Crippen molar-refractivity contribution in [2.24, 2.45) is 0 Å². The van der Waals surface area contributed by atoms with E-state index in [2.05, 4.69) is 27.9 Å². The van der Waals surface area contributed by atoms with Crippen LogP contribution in [0.5, 0.6) is 0 Å². The van der Waals surface area contributed by atoms with E-state index in [0.717, 1.165) is 19.5 Å². The minimum Gasteiger partial charge on any atom is -0.391 e. The smallest absolute Gasteiger partial charge is 0.0782 e. The largest absolute Gasteiger partial charge is 0.391 e. The first kappa shape index (κ1) is 6.77. The van der Waals surface area contributed by atoms with Crippen molar-refractivity contribution in [3.05, 3.63) is 0 Å². The van der Waals surface area contributed by atoms with Crippen LogP contribution >= 0.6 is 22.6 Å². The first-order valence-corrected chi connectivity index (χ1v) is 4.08. The van der Waals surface area contributed by atoms with E-state index in [1.54, 1.807) is 0 Å². The van der Waals surface area contributed by atoms with Gasteiger partial charge >= 0.3 is 0 Å². The Balaban J connectivity index is 2.28. The number of alkyl halides is 1. The van der Waals surface area contributed by atoms with Crippen molar-refractivity contribution in [2.45, 2.75) is 16.4 Å². The van der Waals surface area contributed by atoms with E-state index >= 15 is 0 Å². The Hall–Kier alpha value is 0.650. The molecule has 0 aromatic rings. The van der Waals surface area contributed by atoms with Crippen molar-refractivity contribution in [2.75, 3.05) is 13.1 Å². The Morgan fingerprint density at radius 3 is 2.75 bits per heavy atom. The van der Waals surface area contributed by atoms with Gasteiger partial charge in [0.15, 0.2) is 0 Å². The monoisotopic (exact) mass is 227 g/mol. The van der Waals surface area contributed by atoms with Crippen molar-refractivity contribution in [3.8, 4) is 0 Å². The molecule has 48 valence electrons. The van der Waals surface area contributed by atoms with E-state index in [4.69, 9.17) is 5.11 Å². The average molecular weight is 227 g/mol. The van der Waals surface area contributed by atoms with Crippen LogP contribution in [0.1, 0.15) is 6.42 Å². The number of β-amino-alcohol motifs (C(OH)–C–C–N with tert-alkyl or cyclic N) is 1. The molecule has 0 spiro atoms. The third-order valence-corrected chi connectivity index (χ3v) is 2.82. The van der Waals surface area contributed by atoms with Gasteiger partial charge in [-0.25, -0.2) is 0 Å². The quantitative estimate of drug-likeness (QED) is 0.456. The molecule has 0 aromatic carbocycles. The summed E-state index contributed by atoms with van der Waals surface area (Å²) >= 11 is 2.29. The van der Waals surface area contributed by atoms with E-state index in [1.807, 2.05) is 0 Å². The number of aliphatic hydroxyl groups is 1. The molecule has 0 amide bonds. The van der Waals surface area contributed by atoms with Crippen LogP contribution in [0.15, 0.2) is 0 Å². The van der Waals surface area contributed by atoms with Crippen LogP contribution < -0.4 is 5.32 Å². The van der Waals surface area contributed by atoms with Gasteiger partial charge < -0.3 is 10.4 Å². The lowest BCUT2D eigenvalue weighted by Gasteiger charge is -2.23. The number of rotatable bonds is 0. The predicted octanol–water partition coefficient (Wildman–Crippen LogP) is 0.144.